The number of likely N-dealkylation sites (tertiary alicyclic amines) is 1. The molecule has 1 aliphatic rings. The van der Waals surface area contributed by atoms with E-state index >= 15 is 0 Å². The molecule has 0 aliphatic carbocycles. The predicted octanol–water partition coefficient (Wildman–Crippen LogP) is 5.01. The summed E-state index contributed by atoms with van der Waals surface area (Å²) in [7, 11) is 0. The summed E-state index contributed by atoms with van der Waals surface area (Å²) in [5, 5.41) is 2.68. The SMILES string of the molecule is CC(C)(C)OC(=O)Nc1ccc(C(=O)N2CCCC2c2ccccc2)cc1. The Hall–Kier alpha value is -2.82. The van der Waals surface area contributed by atoms with Gasteiger partial charge in [0.25, 0.3) is 5.91 Å². The van der Waals surface area contributed by atoms with Crippen LogP contribution in [-0.2, 0) is 4.74 Å². The third-order valence-corrected chi connectivity index (χ3v) is 4.48. The molecule has 5 nitrogen and oxygen atoms in total. The minimum absolute atomic E-state index is 0.0187. The van der Waals surface area contributed by atoms with Gasteiger partial charge < -0.3 is 9.64 Å². The van der Waals surface area contributed by atoms with E-state index in [9.17, 15) is 9.59 Å². The lowest BCUT2D eigenvalue weighted by molar-refractivity contribution is 0.0635. The van der Waals surface area contributed by atoms with Gasteiger partial charge >= 0.3 is 6.09 Å². The Morgan fingerprint density at radius 1 is 1.04 bits per heavy atom. The highest BCUT2D eigenvalue weighted by Gasteiger charge is 2.30. The summed E-state index contributed by atoms with van der Waals surface area (Å²) in [6.07, 6.45) is 1.47. The molecule has 2 aromatic carbocycles. The fraction of sp³-hybridized carbons (Fsp3) is 0.364. The molecule has 1 aliphatic heterocycles. The highest BCUT2D eigenvalue weighted by Crippen LogP contribution is 2.33. The van der Waals surface area contributed by atoms with Crippen molar-refractivity contribution in [2.24, 2.45) is 0 Å². The van der Waals surface area contributed by atoms with Gasteiger partial charge in [0.15, 0.2) is 0 Å². The molecule has 27 heavy (non-hydrogen) atoms. The number of carbonyl (C=O) groups is 2. The maximum atomic E-state index is 13.0. The zero-order valence-electron chi connectivity index (χ0n) is 16.1. The number of nitrogens with zero attached hydrogens (tertiary/aromatic N) is 1. The Labute approximate surface area is 160 Å². The highest BCUT2D eigenvalue weighted by atomic mass is 16.6. The summed E-state index contributed by atoms with van der Waals surface area (Å²) in [5.74, 6) is 0.0187. The molecule has 0 aromatic heterocycles. The molecule has 0 saturated carbocycles. The van der Waals surface area contributed by atoms with Crippen molar-refractivity contribution in [2.45, 2.75) is 45.3 Å². The Morgan fingerprint density at radius 3 is 2.33 bits per heavy atom. The Kier molecular flexibility index (Phi) is 5.49. The number of benzene rings is 2. The van der Waals surface area contributed by atoms with Crippen molar-refractivity contribution in [3.63, 3.8) is 0 Å². The molecule has 1 N–H and O–H groups in total. The van der Waals surface area contributed by atoms with E-state index in [0.717, 1.165) is 19.4 Å². The van der Waals surface area contributed by atoms with Gasteiger partial charge in [-0.15, -0.1) is 0 Å². The van der Waals surface area contributed by atoms with Crippen molar-refractivity contribution in [1.29, 1.82) is 0 Å². The maximum absolute atomic E-state index is 13.0. The molecule has 0 radical (unpaired) electrons. The molecular formula is C22H26N2O3. The van der Waals surface area contributed by atoms with Crippen LogP contribution in [-0.4, -0.2) is 29.0 Å². The third kappa shape index (κ3) is 4.88. The van der Waals surface area contributed by atoms with Gasteiger partial charge in [-0.2, -0.15) is 0 Å². The first-order chi connectivity index (χ1) is 12.8. The van der Waals surface area contributed by atoms with Gasteiger partial charge in [-0.1, -0.05) is 30.3 Å². The molecule has 2 amide bonds. The van der Waals surface area contributed by atoms with Crippen LogP contribution in [0.5, 0.6) is 0 Å². The monoisotopic (exact) mass is 366 g/mol. The lowest BCUT2D eigenvalue weighted by Crippen LogP contribution is -2.30. The summed E-state index contributed by atoms with van der Waals surface area (Å²) < 4.78 is 5.24. The molecule has 0 spiro atoms. The maximum Gasteiger partial charge on any atom is 0.412 e. The van der Waals surface area contributed by atoms with Crippen LogP contribution in [0, 0.1) is 0 Å². The van der Waals surface area contributed by atoms with Crippen LogP contribution in [0.2, 0.25) is 0 Å². The van der Waals surface area contributed by atoms with Gasteiger partial charge in [0.2, 0.25) is 0 Å². The molecule has 1 atom stereocenters. The second-order valence-electron chi connectivity index (χ2n) is 7.77. The van der Waals surface area contributed by atoms with Crippen LogP contribution < -0.4 is 5.32 Å². The van der Waals surface area contributed by atoms with Gasteiger partial charge in [-0.3, -0.25) is 10.1 Å². The number of carbonyl (C=O) groups excluding carboxylic acids is 2. The fourth-order valence-electron chi connectivity index (χ4n) is 3.31. The Bertz CT molecular complexity index is 795. The van der Waals surface area contributed by atoms with E-state index < -0.39 is 11.7 Å². The molecule has 3 rings (SSSR count). The van der Waals surface area contributed by atoms with Crippen molar-refractivity contribution in [2.75, 3.05) is 11.9 Å². The zero-order valence-corrected chi connectivity index (χ0v) is 16.1. The summed E-state index contributed by atoms with van der Waals surface area (Å²) in [5.41, 5.74) is 1.84. The van der Waals surface area contributed by atoms with Crippen molar-refractivity contribution < 1.29 is 14.3 Å². The first-order valence-electron chi connectivity index (χ1n) is 9.29. The topological polar surface area (TPSA) is 58.6 Å². The van der Waals surface area contributed by atoms with Crippen LogP contribution in [0.3, 0.4) is 0 Å². The van der Waals surface area contributed by atoms with Crippen LogP contribution in [0.1, 0.15) is 55.6 Å². The van der Waals surface area contributed by atoms with Crippen molar-refractivity contribution in [1.82, 2.24) is 4.90 Å². The predicted molar refractivity (Wildman–Crippen MR) is 106 cm³/mol. The van der Waals surface area contributed by atoms with Gasteiger partial charge in [-0.05, 0) is 63.4 Å². The van der Waals surface area contributed by atoms with E-state index in [1.54, 1.807) is 24.3 Å². The number of anilines is 1. The molecule has 1 fully saturated rings. The summed E-state index contributed by atoms with van der Waals surface area (Å²) in [6, 6.07) is 17.2. The van der Waals surface area contributed by atoms with Crippen LogP contribution in [0.25, 0.3) is 0 Å². The second kappa shape index (κ2) is 7.82. The normalized spacial score (nSPS) is 16.9. The number of hydrogen-bond donors (Lipinski definition) is 1. The first-order valence-corrected chi connectivity index (χ1v) is 9.29. The van der Waals surface area contributed by atoms with Crippen molar-refractivity contribution in [3.8, 4) is 0 Å². The van der Waals surface area contributed by atoms with Gasteiger partial charge in [0.05, 0.1) is 6.04 Å². The van der Waals surface area contributed by atoms with Gasteiger partial charge in [0, 0.05) is 17.8 Å². The highest BCUT2D eigenvalue weighted by molar-refractivity contribution is 5.95. The first kappa shape index (κ1) is 19.0. The van der Waals surface area contributed by atoms with E-state index in [1.165, 1.54) is 5.56 Å². The lowest BCUT2D eigenvalue weighted by atomic mass is 10.0. The van der Waals surface area contributed by atoms with E-state index in [1.807, 2.05) is 43.9 Å². The number of rotatable bonds is 3. The average molecular weight is 366 g/mol. The van der Waals surface area contributed by atoms with E-state index in [0.29, 0.717) is 11.3 Å². The standard InChI is InChI=1S/C22H26N2O3/c1-22(2,3)27-21(26)23-18-13-11-17(12-14-18)20(25)24-15-7-10-19(24)16-8-5-4-6-9-16/h4-6,8-9,11-14,19H,7,10,15H2,1-3H3,(H,23,26). The number of hydrogen-bond acceptors (Lipinski definition) is 3. The van der Waals surface area contributed by atoms with E-state index in [2.05, 4.69) is 17.4 Å². The average Bonchev–Trinajstić information content (AvgIpc) is 3.10. The van der Waals surface area contributed by atoms with Crippen LogP contribution >= 0.6 is 0 Å². The Balaban J connectivity index is 1.68. The smallest absolute Gasteiger partial charge is 0.412 e. The largest absolute Gasteiger partial charge is 0.444 e. The quantitative estimate of drug-likeness (QED) is 0.830. The van der Waals surface area contributed by atoms with Crippen LogP contribution in [0.15, 0.2) is 54.6 Å². The molecule has 1 heterocycles. The zero-order chi connectivity index (χ0) is 19.4. The minimum atomic E-state index is -0.553. The van der Waals surface area contributed by atoms with Crippen LogP contribution in [0.4, 0.5) is 10.5 Å². The molecular weight excluding hydrogens is 340 g/mol. The summed E-state index contributed by atoms with van der Waals surface area (Å²) >= 11 is 0. The second-order valence-corrected chi connectivity index (χ2v) is 7.77. The van der Waals surface area contributed by atoms with Gasteiger partial charge in [0.1, 0.15) is 5.60 Å². The van der Waals surface area contributed by atoms with Gasteiger partial charge in [-0.25, -0.2) is 4.79 Å². The molecule has 0 bridgehead atoms. The van der Waals surface area contributed by atoms with Crippen molar-refractivity contribution in [3.05, 3.63) is 65.7 Å². The lowest BCUT2D eigenvalue weighted by Gasteiger charge is -2.25. The molecule has 1 saturated heterocycles. The molecule has 2 aromatic rings. The summed E-state index contributed by atoms with van der Waals surface area (Å²) in [6.45, 7) is 6.20. The Morgan fingerprint density at radius 2 is 1.70 bits per heavy atom. The third-order valence-electron chi connectivity index (χ3n) is 4.48. The number of amides is 2. The molecule has 142 valence electrons. The van der Waals surface area contributed by atoms with Crippen molar-refractivity contribution >= 4 is 17.7 Å². The molecule has 1 unspecified atom stereocenters. The van der Waals surface area contributed by atoms with E-state index in [-0.39, 0.29) is 11.9 Å². The fourth-order valence-corrected chi connectivity index (χ4v) is 3.31. The number of nitrogens with one attached hydrogen (secondary N) is 1. The minimum Gasteiger partial charge on any atom is -0.444 e. The summed E-state index contributed by atoms with van der Waals surface area (Å²) in [4.78, 5) is 26.7. The number of ether oxygens (including phenoxy) is 1. The molecule has 5 heteroatoms. The van der Waals surface area contributed by atoms with E-state index in [4.69, 9.17) is 4.74 Å².